The van der Waals surface area contributed by atoms with Gasteiger partial charge in [-0.15, -0.1) is 0 Å². The highest BCUT2D eigenvalue weighted by atomic mass is 35.5. The third-order valence-corrected chi connectivity index (χ3v) is 5.96. The van der Waals surface area contributed by atoms with Gasteiger partial charge in [0.15, 0.2) is 5.65 Å². The lowest BCUT2D eigenvalue weighted by Crippen LogP contribution is -2.18. The van der Waals surface area contributed by atoms with E-state index in [1.807, 2.05) is 66.1 Å². The summed E-state index contributed by atoms with van der Waals surface area (Å²) in [6, 6.07) is 26.1. The van der Waals surface area contributed by atoms with Crippen molar-refractivity contribution < 1.29 is 4.79 Å². The highest BCUT2D eigenvalue weighted by Crippen LogP contribution is 2.35. The number of para-hydroxylation sites is 2. The quantitative estimate of drug-likeness (QED) is 0.364. The Morgan fingerprint density at radius 3 is 2.30 bits per heavy atom. The highest BCUT2D eigenvalue weighted by molar-refractivity contribution is 6.34. The van der Waals surface area contributed by atoms with Crippen LogP contribution >= 0.6 is 11.6 Å². The summed E-state index contributed by atoms with van der Waals surface area (Å²) in [5.41, 5.74) is 3.92. The van der Waals surface area contributed by atoms with Gasteiger partial charge in [0.05, 0.1) is 27.7 Å². The summed E-state index contributed by atoms with van der Waals surface area (Å²) in [6.07, 6.45) is 0. The number of benzene rings is 3. The van der Waals surface area contributed by atoms with Crippen LogP contribution in [-0.2, 0) is 0 Å². The molecule has 33 heavy (non-hydrogen) atoms. The fraction of sp³-hybridized carbons (Fsp3) is 0.0769. The van der Waals surface area contributed by atoms with Gasteiger partial charge in [-0.1, -0.05) is 66.2 Å². The van der Waals surface area contributed by atoms with Crippen LogP contribution in [0.2, 0.25) is 5.02 Å². The highest BCUT2D eigenvalue weighted by Gasteiger charge is 2.26. The number of rotatable bonds is 4. The maximum absolute atomic E-state index is 13.2. The Morgan fingerprint density at radius 2 is 1.61 bits per heavy atom. The molecule has 0 saturated carbocycles. The van der Waals surface area contributed by atoms with Gasteiger partial charge in [0.25, 0.3) is 5.91 Å². The molecule has 5 aromatic rings. The van der Waals surface area contributed by atoms with Crippen molar-refractivity contribution >= 4 is 45.5 Å². The second-order valence-corrected chi connectivity index (χ2v) is 8.02. The van der Waals surface area contributed by atoms with E-state index >= 15 is 0 Å². The molecule has 160 valence electrons. The summed E-state index contributed by atoms with van der Waals surface area (Å²) >= 11 is 6.25. The zero-order valence-corrected chi connectivity index (χ0v) is 18.4. The standard InChI is InChI=1S/C26H18ClN5O/c1-16(17-9-3-2-4-10-17)32-24(31-26(33)18-11-5-6-12-20(18)27)19(15-28)23-25(32)30-22-14-8-7-13-21(22)29-23/h2-14,16H,1H3,(H,31,33). The van der Waals surface area contributed by atoms with Gasteiger partial charge in [-0.25, -0.2) is 9.97 Å². The fourth-order valence-corrected chi connectivity index (χ4v) is 4.19. The lowest BCUT2D eigenvalue weighted by atomic mass is 10.1. The fourth-order valence-electron chi connectivity index (χ4n) is 3.97. The molecule has 1 N–H and O–H groups in total. The normalized spacial score (nSPS) is 11.9. The number of carbonyl (C=O) groups is 1. The summed E-state index contributed by atoms with van der Waals surface area (Å²) in [5, 5.41) is 13.3. The number of nitrogens with zero attached hydrogens (tertiary/aromatic N) is 4. The SMILES string of the molecule is CC(c1ccccc1)n1c(NC(=O)c2ccccc2Cl)c(C#N)c2nc3ccccc3nc21. The maximum Gasteiger partial charge on any atom is 0.258 e. The predicted molar refractivity (Wildman–Crippen MR) is 129 cm³/mol. The molecule has 3 aromatic carbocycles. The molecule has 1 amide bonds. The Labute approximate surface area is 195 Å². The minimum atomic E-state index is -0.411. The molecule has 1 atom stereocenters. The van der Waals surface area contributed by atoms with Crippen molar-refractivity contribution in [2.45, 2.75) is 13.0 Å². The number of nitriles is 1. The number of carbonyl (C=O) groups excluding carboxylic acids is 1. The molecule has 7 heteroatoms. The zero-order chi connectivity index (χ0) is 22.9. The van der Waals surface area contributed by atoms with Crippen molar-refractivity contribution in [3.8, 4) is 6.07 Å². The third kappa shape index (κ3) is 3.59. The summed E-state index contributed by atoms with van der Waals surface area (Å²) in [7, 11) is 0. The maximum atomic E-state index is 13.2. The largest absolute Gasteiger partial charge is 0.307 e. The van der Waals surface area contributed by atoms with Crippen LogP contribution in [-0.4, -0.2) is 20.4 Å². The van der Waals surface area contributed by atoms with Gasteiger partial charge in [-0.2, -0.15) is 5.26 Å². The molecule has 0 fully saturated rings. The molecule has 6 nitrogen and oxygen atoms in total. The average Bonchev–Trinajstić information content (AvgIpc) is 3.14. The summed E-state index contributed by atoms with van der Waals surface area (Å²) in [4.78, 5) is 22.7. The van der Waals surface area contributed by atoms with Crippen LogP contribution in [0.15, 0.2) is 78.9 Å². The molecule has 0 radical (unpaired) electrons. The van der Waals surface area contributed by atoms with Crippen molar-refractivity contribution in [1.29, 1.82) is 5.26 Å². The van der Waals surface area contributed by atoms with E-state index in [1.165, 1.54) is 0 Å². The van der Waals surface area contributed by atoms with Crippen LogP contribution < -0.4 is 5.32 Å². The molecule has 2 aromatic heterocycles. The molecule has 5 rings (SSSR count). The first-order chi connectivity index (χ1) is 16.1. The Balaban J connectivity index is 1.77. The first-order valence-corrected chi connectivity index (χ1v) is 10.8. The predicted octanol–water partition coefficient (Wildman–Crippen LogP) is 5.97. The molecule has 2 heterocycles. The van der Waals surface area contributed by atoms with Crippen molar-refractivity contribution in [3.05, 3.63) is 101 Å². The first-order valence-electron chi connectivity index (χ1n) is 10.4. The van der Waals surface area contributed by atoms with Gasteiger partial charge in [-0.05, 0) is 36.8 Å². The van der Waals surface area contributed by atoms with Crippen LogP contribution in [0.25, 0.3) is 22.2 Å². The van der Waals surface area contributed by atoms with Gasteiger partial charge >= 0.3 is 0 Å². The van der Waals surface area contributed by atoms with Crippen molar-refractivity contribution in [1.82, 2.24) is 14.5 Å². The van der Waals surface area contributed by atoms with E-state index in [0.717, 1.165) is 5.56 Å². The molecule has 0 aliphatic heterocycles. The monoisotopic (exact) mass is 451 g/mol. The molecule has 0 saturated heterocycles. The second-order valence-electron chi connectivity index (χ2n) is 7.61. The van der Waals surface area contributed by atoms with Crippen molar-refractivity contribution in [2.75, 3.05) is 5.32 Å². The molecule has 0 aliphatic rings. The molecule has 0 aliphatic carbocycles. The topological polar surface area (TPSA) is 83.6 Å². The number of aromatic nitrogens is 3. The molecule has 0 bridgehead atoms. The van der Waals surface area contributed by atoms with Crippen LogP contribution in [0.4, 0.5) is 5.82 Å². The van der Waals surface area contributed by atoms with Gasteiger partial charge < -0.3 is 9.88 Å². The minimum absolute atomic E-state index is 0.229. The second kappa shape index (κ2) is 8.38. The van der Waals surface area contributed by atoms with Gasteiger partial charge in [0.1, 0.15) is 23.0 Å². The Hall–Kier alpha value is -4.21. The minimum Gasteiger partial charge on any atom is -0.307 e. The Kier molecular flexibility index (Phi) is 5.25. The van der Waals surface area contributed by atoms with E-state index in [1.54, 1.807) is 24.3 Å². The molecule has 1 unspecified atom stereocenters. The van der Waals surface area contributed by atoms with Crippen molar-refractivity contribution in [3.63, 3.8) is 0 Å². The first kappa shape index (κ1) is 20.7. The van der Waals surface area contributed by atoms with E-state index in [-0.39, 0.29) is 11.6 Å². The van der Waals surface area contributed by atoms with Crippen molar-refractivity contribution in [2.24, 2.45) is 0 Å². The van der Waals surface area contributed by atoms with E-state index in [0.29, 0.717) is 38.6 Å². The molecular weight excluding hydrogens is 434 g/mol. The summed E-state index contributed by atoms with van der Waals surface area (Å²) in [6.45, 7) is 2.00. The molecule has 0 spiro atoms. The van der Waals surface area contributed by atoms with E-state index in [9.17, 15) is 10.1 Å². The molecular formula is C26H18ClN5O. The smallest absolute Gasteiger partial charge is 0.258 e. The summed E-state index contributed by atoms with van der Waals surface area (Å²) in [5.74, 6) is -0.0740. The Bertz CT molecular complexity index is 1550. The number of halogens is 1. The zero-order valence-electron chi connectivity index (χ0n) is 17.7. The lowest BCUT2D eigenvalue weighted by Gasteiger charge is -2.19. The number of amides is 1. The van der Waals surface area contributed by atoms with Gasteiger partial charge in [0.2, 0.25) is 0 Å². The van der Waals surface area contributed by atoms with Crippen LogP contribution in [0.5, 0.6) is 0 Å². The number of nitrogens with one attached hydrogen (secondary N) is 1. The van der Waals surface area contributed by atoms with Crippen LogP contribution in [0, 0.1) is 11.3 Å². The van der Waals surface area contributed by atoms with Gasteiger partial charge in [0, 0.05) is 0 Å². The average molecular weight is 452 g/mol. The van der Waals surface area contributed by atoms with E-state index in [4.69, 9.17) is 21.6 Å². The van der Waals surface area contributed by atoms with Gasteiger partial charge in [-0.3, -0.25) is 4.79 Å². The van der Waals surface area contributed by atoms with E-state index < -0.39 is 5.91 Å². The lowest BCUT2D eigenvalue weighted by molar-refractivity contribution is 0.102. The number of hydrogen-bond acceptors (Lipinski definition) is 4. The third-order valence-electron chi connectivity index (χ3n) is 5.63. The number of anilines is 1. The van der Waals surface area contributed by atoms with E-state index in [2.05, 4.69) is 11.4 Å². The van der Waals surface area contributed by atoms with Crippen LogP contribution in [0.3, 0.4) is 0 Å². The number of hydrogen-bond donors (Lipinski definition) is 1. The summed E-state index contributed by atoms with van der Waals surface area (Å²) < 4.78 is 1.86. The number of fused-ring (bicyclic) bond motifs is 2. The Morgan fingerprint density at radius 1 is 0.970 bits per heavy atom. The van der Waals surface area contributed by atoms with Crippen LogP contribution in [0.1, 0.15) is 34.5 Å².